The number of pyridine rings is 1. The average molecular weight is 221 g/mol. The summed E-state index contributed by atoms with van der Waals surface area (Å²) in [5, 5.41) is 9.63. The Balaban J connectivity index is 2.91. The van der Waals surface area contributed by atoms with Gasteiger partial charge in [0.1, 0.15) is 11.0 Å². The van der Waals surface area contributed by atoms with Gasteiger partial charge < -0.3 is 10.0 Å². The number of anilines is 1. The molecule has 0 aliphatic carbocycles. The van der Waals surface area contributed by atoms with E-state index < -0.39 is 0 Å². The summed E-state index contributed by atoms with van der Waals surface area (Å²) in [7, 11) is 1.79. The molecule has 1 heterocycles. The maximum atomic E-state index is 8.71. The lowest BCUT2D eigenvalue weighted by Crippen LogP contribution is -2.22. The number of rotatable bonds is 3. The Morgan fingerprint density at radius 1 is 1.46 bits per heavy atom. The van der Waals surface area contributed by atoms with Crippen molar-refractivity contribution in [2.24, 2.45) is 0 Å². The van der Waals surface area contributed by atoms with Crippen LogP contribution in [0.15, 0.2) is 12.1 Å². The van der Waals surface area contributed by atoms with Gasteiger partial charge in [-0.1, -0.05) is 23.2 Å². The number of aromatic nitrogens is 1. The summed E-state index contributed by atoms with van der Waals surface area (Å²) in [5.74, 6) is 0.586. The number of likely N-dealkylation sites (N-methyl/N-ethyl adjacent to an activating group) is 1. The number of halogens is 2. The summed E-state index contributed by atoms with van der Waals surface area (Å²) < 4.78 is 0. The van der Waals surface area contributed by atoms with Crippen LogP contribution in [0.4, 0.5) is 5.82 Å². The zero-order chi connectivity index (χ0) is 9.84. The van der Waals surface area contributed by atoms with E-state index in [1.807, 2.05) is 0 Å². The molecule has 1 aromatic rings. The normalized spacial score (nSPS) is 10.2. The summed E-state index contributed by atoms with van der Waals surface area (Å²) in [6.07, 6.45) is 0. The fraction of sp³-hybridized carbons (Fsp3) is 0.375. The number of aliphatic hydroxyl groups excluding tert-OH is 1. The molecule has 1 rings (SSSR count). The van der Waals surface area contributed by atoms with E-state index in [1.165, 1.54) is 0 Å². The molecule has 0 aromatic carbocycles. The van der Waals surface area contributed by atoms with Crippen molar-refractivity contribution in [3.8, 4) is 0 Å². The summed E-state index contributed by atoms with van der Waals surface area (Å²) in [5.41, 5.74) is 0. The van der Waals surface area contributed by atoms with Crippen molar-refractivity contribution >= 4 is 29.0 Å². The van der Waals surface area contributed by atoms with Gasteiger partial charge in [0.25, 0.3) is 0 Å². The fourth-order valence-corrected chi connectivity index (χ4v) is 1.32. The zero-order valence-electron chi connectivity index (χ0n) is 7.17. The second kappa shape index (κ2) is 4.65. The summed E-state index contributed by atoms with van der Waals surface area (Å²) in [6.45, 7) is 0.536. The van der Waals surface area contributed by atoms with Gasteiger partial charge in [-0.2, -0.15) is 0 Å². The molecule has 0 radical (unpaired) electrons. The number of aliphatic hydroxyl groups is 1. The quantitative estimate of drug-likeness (QED) is 0.791. The van der Waals surface area contributed by atoms with E-state index in [-0.39, 0.29) is 6.61 Å². The minimum atomic E-state index is 0.0566. The molecule has 0 spiro atoms. The van der Waals surface area contributed by atoms with Crippen LogP contribution in [-0.2, 0) is 0 Å². The van der Waals surface area contributed by atoms with Crippen molar-refractivity contribution < 1.29 is 5.11 Å². The van der Waals surface area contributed by atoms with Gasteiger partial charge in [0, 0.05) is 13.6 Å². The first-order chi connectivity index (χ1) is 6.15. The molecule has 0 saturated heterocycles. The van der Waals surface area contributed by atoms with Crippen molar-refractivity contribution in [2.45, 2.75) is 0 Å². The van der Waals surface area contributed by atoms with Crippen LogP contribution in [0.5, 0.6) is 0 Å². The summed E-state index contributed by atoms with van der Waals surface area (Å²) in [6, 6.07) is 3.31. The van der Waals surface area contributed by atoms with E-state index in [0.29, 0.717) is 22.5 Å². The number of hydrogen-bond acceptors (Lipinski definition) is 3. The molecule has 1 aromatic heterocycles. The monoisotopic (exact) mass is 220 g/mol. The molecule has 0 atom stereocenters. The Kier molecular flexibility index (Phi) is 3.78. The van der Waals surface area contributed by atoms with Gasteiger partial charge in [-0.15, -0.1) is 0 Å². The first kappa shape index (κ1) is 10.6. The van der Waals surface area contributed by atoms with Gasteiger partial charge in [-0.05, 0) is 12.1 Å². The second-order valence-electron chi connectivity index (χ2n) is 2.58. The van der Waals surface area contributed by atoms with Crippen LogP contribution in [0, 0.1) is 0 Å². The molecule has 0 aliphatic rings. The lowest BCUT2D eigenvalue weighted by Gasteiger charge is -2.17. The topological polar surface area (TPSA) is 36.4 Å². The highest BCUT2D eigenvalue weighted by atomic mass is 35.5. The Morgan fingerprint density at radius 3 is 2.77 bits per heavy atom. The highest BCUT2D eigenvalue weighted by molar-refractivity contribution is 6.34. The van der Waals surface area contributed by atoms with Gasteiger partial charge in [0.2, 0.25) is 0 Å². The van der Waals surface area contributed by atoms with E-state index in [1.54, 1.807) is 24.1 Å². The van der Waals surface area contributed by atoms with E-state index in [4.69, 9.17) is 28.3 Å². The van der Waals surface area contributed by atoms with Gasteiger partial charge in [-0.25, -0.2) is 4.98 Å². The molecule has 5 heteroatoms. The molecule has 0 unspecified atom stereocenters. The van der Waals surface area contributed by atoms with E-state index in [2.05, 4.69) is 4.98 Å². The predicted molar refractivity (Wildman–Crippen MR) is 54.6 cm³/mol. The van der Waals surface area contributed by atoms with Crippen LogP contribution in [0.1, 0.15) is 0 Å². The molecular formula is C8H10Cl2N2O. The van der Waals surface area contributed by atoms with Crippen LogP contribution in [0.3, 0.4) is 0 Å². The molecule has 0 aliphatic heterocycles. The number of nitrogens with zero attached hydrogens (tertiary/aromatic N) is 2. The van der Waals surface area contributed by atoms with E-state index in [9.17, 15) is 0 Å². The smallest absolute Gasteiger partial charge is 0.148 e. The molecule has 0 fully saturated rings. The average Bonchev–Trinajstić information content (AvgIpc) is 2.09. The maximum absolute atomic E-state index is 8.71. The van der Waals surface area contributed by atoms with Crippen molar-refractivity contribution in [1.82, 2.24) is 4.98 Å². The van der Waals surface area contributed by atoms with Gasteiger partial charge in [0.05, 0.1) is 11.6 Å². The lowest BCUT2D eigenvalue weighted by atomic mass is 10.4. The SMILES string of the molecule is CN(CCO)c1nc(Cl)ccc1Cl. The van der Waals surface area contributed by atoms with Crippen molar-refractivity contribution in [1.29, 1.82) is 0 Å². The Hall–Kier alpha value is -0.510. The van der Waals surface area contributed by atoms with Crippen molar-refractivity contribution in [3.05, 3.63) is 22.3 Å². The highest BCUT2D eigenvalue weighted by Gasteiger charge is 2.07. The Morgan fingerprint density at radius 2 is 2.15 bits per heavy atom. The molecular weight excluding hydrogens is 211 g/mol. The first-order valence-electron chi connectivity index (χ1n) is 3.79. The molecule has 72 valence electrons. The minimum absolute atomic E-state index is 0.0566. The largest absolute Gasteiger partial charge is 0.395 e. The second-order valence-corrected chi connectivity index (χ2v) is 3.38. The molecule has 1 N–H and O–H groups in total. The van der Waals surface area contributed by atoms with Crippen LogP contribution in [-0.4, -0.2) is 30.3 Å². The summed E-state index contributed by atoms with van der Waals surface area (Å²) >= 11 is 11.6. The third kappa shape index (κ3) is 2.72. The molecule has 0 saturated carbocycles. The van der Waals surface area contributed by atoms with E-state index >= 15 is 0 Å². The third-order valence-corrected chi connectivity index (χ3v) is 2.10. The van der Waals surface area contributed by atoms with Crippen LogP contribution in [0.2, 0.25) is 10.2 Å². The zero-order valence-corrected chi connectivity index (χ0v) is 8.68. The predicted octanol–water partition coefficient (Wildman–Crippen LogP) is 1.82. The van der Waals surface area contributed by atoms with Gasteiger partial charge in [0.15, 0.2) is 0 Å². The highest BCUT2D eigenvalue weighted by Crippen LogP contribution is 2.23. The molecule has 0 amide bonds. The molecule has 0 bridgehead atoms. The molecule has 3 nitrogen and oxygen atoms in total. The van der Waals surface area contributed by atoms with Crippen LogP contribution >= 0.6 is 23.2 Å². The van der Waals surface area contributed by atoms with Crippen molar-refractivity contribution in [3.63, 3.8) is 0 Å². The fourth-order valence-electron chi connectivity index (χ4n) is 0.932. The summed E-state index contributed by atoms with van der Waals surface area (Å²) in [4.78, 5) is 5.78. The third-order valence-electron chi connectivity index (χ3n) is 1.59. The number of hydrogen-bond donors (Lipinski definition) is 1. The first-order valence-corrected chi connectivity index (χ1v) is 4.55. The maximum Gasteiger partial charge on any atom is 0.148 e. The standard InChI is InChI=1S/C8H10Cl2N2O/c1-12(4-5-13)8-6(9)2-3-7(10)11-8/h2-3,13H,4-5H2,1H3. The van der Waals surface area contributed by atoms with Crippen LogP contribution < -0.4 is 4.90 Å². The minimum Gasteiger partial charge on any atom is -0.395 e. The Labute approximate surface area is 86.9 Å². The van der Waals surface area contributed by atoms with E-state index in [0.717, 1.165) is 0 Å². The molecule has 13 heavy (non-hydrogen) atoms. The van der Waals surface area contributed by atoms with Crippen LogP contribution in [0.25, 0.3) is 0 Å². The van der Waals surface area contributed by atoms with Crippen molar-refractivity contribution in [2.75, 3.05) is 25.1 Å². The van der Waals surface area contributed by atoms with Gasteiger partial charge in [-0.3, -0.25) is 0 Å². The lowest BCUT2D eigenvalue weighted by molar-refractivity contribution is 0.304. The van der Waals surface area contributed by atoms with Gasteiger partial charge >= 0.3 is 0 Å². The Bertz CT molecular complexity index is 293.